The molecule has 1 saturated carbocycles. The van der Waals surface area contributed by atoms with Crippen LogP contribution in [0.4, 0.5) is 18.9 Å². The van der Waals surface area contributed by atoms with E-state index in [1.165, 1.54) is 0 Å². The Morgan fingerprint density at radius 1 is 1.12 bits per heavy atom. The topological polar surface area (TPSA) is 110 Å². The smallest absolute Gasteiger partial charge is 0.370 e. The van der Waals surface area contributed by atoms with Crippen LogP contribution in [-0.4, -0.2) is 55.5 Å². The number of aliphatic imine (C=N–C) groups is 1. The number of nitrogens with two attached hydrogens (primary N) is 1. The minimum Gasteiger partial charge on any atom is -0.370 e. The Morgan fingerprint density at radius 2 is 1.76 bits per heavy atom. The van der Waals surface area contributed by atoms with Crippen LogP contribution in [0, 0.1) is 5.92 Å². The third-order valence-corrected chi connectivity index (χ3v) is 7.17. The summed E-state index contributed by atoms with van der Waals surface area (Å²) in [6.07, 6.45) is 7.09. The van der Waals surface area contributed by atoms with E-state index in [4.69, 9.17) is 10.6 Å². The molecule has 2 rings (SSSR count). The second-order valence-corrected chi connectivity index (χ2v) is 10.5. The standard InChI is InChI=1S/C22H36F3N5O3S/c23-22(24,25)18-34(31,32)30(33-17-19-9-5-4-6-10-19)16-8-3-1-2-7-13-28-21(26)29-20-11-14-27-15-12-20/h11-12,14-15,19H,1-10,13,16-18H2,(H3,26,27,28,29). The molecule has 12 heteroatoms. The van der Waals surface area contributed by atoms with Gasteiger partial charge in [-0.05, 0) is 43.7 Å². The normalized spacial score (nSPS) is 16.2. The molecular weight excluding hydrogens is 471 g/mol. The number of hydrogen-bond acceptors (Lipinski definition) is 5. The van der Waals surface area contributed by atoms with E-state index in [2.05, 4.69) is 15.3 Å². The molecule has 0 unspecified atom stereocenters. The zero-order valence-electron chi connectivity index (χ0n) is 19.5. The van der Waals surface area contributed by atoms with Crippen LogP contribution < -0.4 is 11.1 Å². The Balaban J connectivity index is 1.69. The molecule has 1 heterocycles. The highest BCUT2D eigenvalue weighted by Gasteiger charge is 2.39. The monoisotopic (exact) mass is 507 g/mol. The molecule has 1 aliphatic rings. The minimum absolute atomic E-state index is 0.0773. The number of sulfonamides is 1. The number of unbranched alkanes of at least 4 members (excludes halogenated alkanes) is 4. The molecule has 0 amide bonds. The van der Waals surface area contributed by atoms with Gasteiger partial charge >= 0.3 is 6.18 Å². The van der Waals surface area contributed by atoms with Crippen molar-refractivity contribution in [2.45, 2.75) is 70.4 Å². The van der Waals surface area contributed by atoms with Crippen LogP contribution in [0.15, 0.2) is 29.5 Å². The molecule has 0 bridgehead atoms. The number of anilines is 1. The van der Waals surface area contributed by atoms with Crippen LogP contribution in [-0.2, 0) is 14.9 Å². The molecule has 1 aromatic heterocycles. The number of rotatable bonds is 14. The van der Waals surface area contributed by atoms with Gasteiger partial charge in [0.15, 0.2) is 11.7 Å². The summed E-state index contributed by atoms with van der Waals surface area (Å²) in [5.41, 5.74) is 6.63. The first-order valence-electron chi connectivity index (χ1n) is 11.8. The zero-order valence-corrected chi connectivity index (χ0v) is 20.3. The van der Waals surface area contributed by atoms with Crippen LogP contribution in [0.3, 0.4) is 0 Å². The summed E-state index contributed by atoms with van der Waals surface area (Å²) < 4.78 is 63.4. The van der Waals surface area contributed by atoms with Gasteiger partial charge in [-0.25, -0.2) is 8.42 Å². The Labute approximate surface area is 200 Å². The fraction of sp³-hybridized carbons (Fsp3) is 0.727. The van der Waals surface area contributed by atoms with Gasteiger partial charge in [0.2, 0.25) is 10.0 Å². The number of nitrogens with one attached hydrogen (secondary N) is 1. The second kappa shape index (κ2) is 14.5. The molecule has 0 aromatic carbocycles. The molecular formula is C22H36F3N5O3S. The van der Waals surface area contributed by atoms with E-state index in [0.29, 0.717) is 29.8 Å². The highest BCUT2D eigenvalue weighted by atomic mass is 32.2. The third kappa shape index (κ3) is 12.0. The van der Waals surface area contributed by atoms with Crippen LogP contribution in [0.2, 0.25) is 0 Å². The second-order valence-electron chi connectivity index (χ2n) is 8.59. The van der Waals surface area contributed by atoms with Gasteiger partial charge in [-0.3, -0.25) is 14.8 Å². The molecule has 8 nitrogen and oxygen atoms in total. The Morgan fingerprint density at radius 3 is 2.44 bits per heavy atom. The van der Waals surface area contributed by atoms with Crippen molar-refractivity contribution < 1.29 is 26.4 Å². The van der Waals surface area contributed by atoms with E-state index in [-0.39, 0.29) is 19.1 Å². The molecule has 0 radical (unpaired) electrons. The van der Waals surface area contributed by atoms with E-state index in [1.807, 2.05) is 0 Å². The lowest BCUT2D eigenvalue weighted by Gasteiger charge is -2.26. The van der Waals surface area contributed by atoms with Gasteiger partial charge < -0.3 is 11.1 Å². The molecule has 1 aromatic rings. The van der Waals surface area contributed by atoms with Crippen LogP contribution in [0.25, 0.3) is 0 Å². The van der Waals surface area contributed by atoms with Crippen molar-refractivity contribution in [1.29, 1.82) is 0 Å². The molecule has 0 spiro atoms. The predicted molar refractivity (Wildman–Crippen MR) is 127 cm³/mol. The van der Waals surface area contributed by atoms with E-state index >= 15 is 0 Å². The van der Waals surface area contributed by atoms with Gasteiger partial charge in [-0.15, -0.1) is 0 Å². The molecule has 34 heavy (non-hydrogen) atoms. The van der Waals surface area contributed by atoms with Gasteiger partial charge in [0, 0.05) is 31.2 Å². The van der Waals surface area contributed by atoms with Crippen molar-refractivity contribution in [2.24, 2.45) is 16.6 Å². The predicted octanol–water partition coefficient (Wildman–Crippen LogP) is 4.46. The SMILES string of the molecule is NC(=NCCCCCCCN(OCC1CCCCC1)S(=O)(=O)CC(F)(F)F)Nc1ccncc1. The van der Waals surface area contributed by atoms with Crippen LogP contribution in [0.1, 0.15) is 64.2 Å². The Hall–Kier alpha value is -1.92. The largest absolute Gasteiger partial charge is 0.404 e. The summed E-state index contributed by atoms with van der Waals surface area (Å²) in [5.74, 6) is -1.40. The molecule has 0 saturated heterocycles. The summed E-state index contributed by atoms with van der Waals surface area (Å²) >= 11 is 0. The quantitative estimate of drug-likeness (QED) is 0.166. The first-order valence-corrected chi connectivity index (χ1v) is 13.4. The van der Waals surface area contributed by atoms with Crippen molar-refractivity contribution in [1.82, 2.24) is 9.45 Å². The van der Waals surface area contributed by atoms with Crippen LogP contribution in [0.5, 0.6) is 0 Å². The van der Waals surface area contributed by atoms with Gasteiger partial charge in [-0.2, -0.15) is 13.2 Å². The summed E-state index contributed by atoms with van der Waals surface area (Å²) in [7, 11) is -4.57. The average Bonchev–Trinajstić information content (AvgIpc) is 2.77. The van der Waals surface area contributed by atoms with Gasteiger partial charge in [0.05, 0.1) is 6.61 Å². The fourth-order valence-corrected chi connectivity index (χ4v) is 5.00. The zero-order chi connectivity index (χ0) is 24.9. The number of alkyl halides is 3. The lowest BCUT2D eigenvalue weighted by molar-refractivity contribution is -0.121. The molecule has 3 N–H and O–H groups in total. The highest BCUT2D eigenvalue weighted by Crippen LogP contribution is 2.25. The average molecular weight is 508 g/mol. The maximum absolute atomic E-state index is 12.8. The lowest BCUT2D eigenvalue weighted by atomic mass is 9.90. The number of hydroxylamine groups is 1. The molecule has 0 atom stereocenters. The number of guanidine groups is 1. The van der Waals surface area contributed by atoms with Gasteiger partial charge in [-0.1, -0.05) is 43.0 Å². The third-order valence-electron chi connectivity index (χ3n) is 5.57. The lowest BCUT2D eigenvalue weighted by Crippen LogP contribution is -2.39. The van der Waals surface area contributed by atoms with Crippen molar-refractivity contribution in [3.8, 4) is 0 Å². The number of pyridine rings is 1. The fourth-order valence-electron chi connectivity index (χ4n) is 3.81. The van der Waals surface area contributed by atoms with Crippen LogP contribution >= 0.6 is 0 Å². The first-order chi connectivity index (χ1) is 16.2. The van der Waals surface area contributed by atoms with Crippen molar-refractivity contribution in [3.05, 3.63) is 24.5 Å². The molecule has 1 fully saturated rings. The number of aromatic nitrogens is 1. The number of nitrogens with zero attached hydrogens (tertiary/aromatic N) is 3. The van der Waals surface area contributed by atoms with E-state index in [0.717, 1.165) is 57.1 Å². The summed E-state index contributed by atoms with van der Waals surface area (Å²) in [6.45, 7) is 0.608. The first kappa shape index (κ1) is 28.3. The highest BCUT2D eigenvalue weighted by molar-refractivity contribution is 7.89. The van der Waals surface area contributed by atoms with Crippen molar-refractivity contribution in [2.75, 3.05) is 30.8 Å². The number of hydrogen-bond donors (Lipinski definition) is 2. The van der Waals surface area contributed by atoms with Gasteiger partial charge in [0.25, 0.3) is 0 Å². The maximum atomic E-state index is 12.8. The van der Waals surface area contributed by atoms with Crippen molar-refractivity contribution in [3.63, 3.8) is 0 Å². The minimum atomic E-state index is -4.81. The van der Waals surface area contributed by atoms with Gasteiger partial charge in [0.1, 0.15) is 0 Å². The summed E-state index contributed by atoms with van der Waals surface area (Å²) in [6, 6.07) is 3.55. The van der Waals surface area contributed by atoms with E-state index in [1.54, 1.807) is 24.5 Å². The van der Waals surface area contributed by atoms with E-state index in [9.17, 15) is 21.6 Å². The molecule has 194 valence electrons. The Kier molecular flexibility index (Phi) is 12.1. The van der Waals surface area contributed by atoms with E-state index < -0.39 is 22.0 Å². The van der Waals surface area contributed by atoms with Crippen molar-refractivity contribution >= 4 is 21.7 Å². The molecule has 1 aliphatic carbocycles. The maximum Gasteiger partial charge on any atom is 0.404 e. The molecule has 0 aliphatic heterocycles. The summed E-state index contributed by atoms with van der Waals surface area (Å²) in [5, 5.41) is 2.96. The number of halogens is 3. The summed E-state index contributed by atoms with van der Waals surface area (Å²) in [4.78, 5) is 13.6. The Bertz CT molecular complexity index is 832.